The standard InChI is InChI=1S/C16H24ClFN2/c1-3-16(4-2)5-6-20(11-16)15(10-19)12-7-13(17)9-14(18)8-12/h7-9,15H,3-6,10-11,19H2,1-2H3. The molecule has 1 atom stereocenters. The molecular weight excluding hydrogens is 275 g/mol. The summed E-state index contributed by atoms with van der Waals surface area (Å²) >= 11 is 5.97. The highest BCUT2D eigenvalue weighted by Gasteiger charge is 2.37. The van der Waals surface area contributed by atoms with Gasteiger partial charge >= 0.3 is 0 Å². The topological polar surface area (TPSA) is 29.3 Å². The highest BCUT2D eigenvalue weighted by molar-refractivity contribution is 6.30. The first-order chi connectivity index (χ1) is 9.53. The van der Waals surface area contributed by atoms with Gasteiger partial charge in [0, 0.05) is 24.2 Å². The molecule has 1 unspecified atom stereocenters. The summed E-state index contributed by atoms with van der Waals surface area (Å²) in [6.07, 6.45) is 3.56. The van der Waals surface area contributed by atoms with Crippen LogP contribution in [-0.2, 0) is 0 Å². The van der Waals surface area contributed by atoms with Crippen LogP contribution in [0.15, 0.2) is 18.2 Å². The van der Waals surface area contributed by atoms with E-state index in [9.17, 15) is 4.39 Å². The van der Waals surface area contributed by atoms with Crippen molar-refractivity contribution in [3.05, 3.63) is 34.6 Å². The van der Waals surface area contributed by atoms with Crippen LogP contribution in [0.5, 0.6) is 0 Å². The van der Waals surface area contributed by atoms with Gasteiger partial charge in [0.05, 0.1) is 0 Å². The van der Waals surface area contributed by atoms with E-state index in [0.717, 1.165) is 18.7 Å². The monoisotopic (exact) mass is 298 g/mol. The van der Waals surface area contributed by atoms with E-state index < -0.39 is 0 Å². The zero-order chi connectivity index (χ0) is 14.8. The van der Waals surface area contributed by atoms with Crippen molar-refractivity contribution in [3.8, 4) is 0 Å². The molecule has 0 aromatic heterocycles. The van der Waals surface area contributed by atoms with Crippen LogP contribution in [0.25, 0.3) is 0 Å². The molecule has 0 radical (unpaired) electrons. The molecule has 1 aromatic rings. The second-order valence-electron chi connectivity index (χ2n) is 5.88. The number of hydrogen-bond donors (Lipinski definition) is 1. The summed E-state index contributed by atoms with van der Waals surface area (Å²) in [5.41, 5.74) is 7.23. The lowest BCUT2D eigenvalue weighted by Crippen LogP contribution is -2.34. The molecule has 0 spiro atoms. The highest BCUT2D eigenvalue weighted by Crippen LogP contribution is 2.40. The lowest BCUT2D eigenvalue weighted by atomic mass is 9.82. The Labute approximate surface area is 126 Å². The lowest BCUT2D eigenvalue weighted by molar-refractivity contribution is 0.197. The number of likely N-dealkylation sites (tertiary alicyclic amines) is 1. The van der Waals surface area contributed by atoms with Gasteiger partial charge in [-0.05, 0) is 55.0 Å². The average molecular weight is 299 g/mol. The third kappa shape index (κ3) is 3.16. The molecule has 1 aliphatic heterocycles. The third-order valence-electron chi connectivity index (χ3n) is 4.90. The Hall–Kier alpha value is -0.640. The van der Waals surface area contributed by atoms with E-state index in [1.54, 1.807) is 6.07 Å². The quantitative estimate of drug-likeness (QED) is 0.890. The van der Waals surface area contributed by atoms with Crippen LogP contribution < -0.4 is 5.73 Å². The maximum atomic E-state index is 13.6. The van der Waals surface area contributed by atoms with Crippen LogP contribution in [0.4, 0.5) is 4.39 Å². The van der Waals surface area contributed by atoms with Crippen LogP contribution in [0.1, 0.15) is 44.7 Å². The molecule has 2 rings (SSSR count). The maximum absolute atomic E-state index is 13.6. The molecule has 2 nitrogen and oxygen atoms in total. The number of rotatable bonds is 5. The third-order valence-corrected chi connectivity index (χ3v) is 5.12. The normalized spacial score (nSPS) is 20.2. The van der Waals surface area contributed by atoms with Crippen LogP contribution in [-0.4, -0.2) is 24.5 Å². The van der Waals surface area contributed by atoms with Crippen molar-refractivity contribution in [2.24, 2.45) is 11.1 Å². The van der Waals surface area contributed by atoms with Gasteiger partial charge in [0.1, 0.15) is 5.82 Å². The molecule has 1 aromatic carbocycles. The first-order valence-electron chi connectivity index (χ1n) is 7.43. The fourth-order valence-corrected chi connectivity index (χ4v) is 3.56. The molecule has 0 amide bonds. The van der Waals surface area contributed by atoms with E-state index in [1.165, 1.54) is 25.3 Å². The molecule has 0 bridgehead atoms. The summed E-state index contributed by atoms with van der Waals surface area (Å²) in [7, 11) is 0. The highest BCUT2D eigenvalue weighted by atomic mass is 35.5. The maximum Gasteiger partial charge on any atom is 0.125 e. The lowest BCUT2D eigenvalue weighted by Gasteiger charge is -2.31. The van der Waals surface area contributed by atoms with Crippen LogP contribution >= 0.6 is 11.6 Å². The molecular formula is C16H24ClFN2. The van der Waals surface area contributed by atoms with Gasteiger partial charge in [0.2, 0.25) is 0 Å². The summed E-state index contributed by atoms with van der Waals surface area (Å²) in [6, 6.07) is 4.79. The predicted octanol–water partition coefficient (Wildman–Crippen LogP) is 3.99. The van der Waals surface area contributed by atoms with Gasteiger partial charge in [-0.3, -0.25) is 4.90 Å². The minimum Gasteiger partial charge on any atom is -0.329 e. The van der Waals surface area contributed by atoms with Crippen molar-refractivity contribution in [3.63, 3.8) is 0 Å². The summed E-state index contributed by atoms with van der Waals surface area (Å²) in [6.45, 7) is 7.06. The van der Waals surface area contributed by atoms with Crippen LogP contribution in [0.2, 0.25) is 5.02 Å². The number of hydrogen-bond acceptors (Lipinski definition) is 2. The summed E-state index contributed by atoms with van der Waals surface area (Å²) in [5, 5.41) is 0.440. The summed E-state index contributed by atoms with van der Waals surface area (Å²) < 4.78 is 13.6. The number of nitrogens with two attached hydrogens (primary N) is 1. The average Bonchev–Trinajstić information content (AvgIpc) is 2.83. The molecule has 0 aliphatic carbocycles. The van der Waals surface area contributed by atoms with Gasteiger partial charge in [-0.1, -0.05) is 25.4 Å². The SMILES string of the molecule is CCC1(CC)CCN(C(CN)c2cc(F)cc(Cl)c2)C1. The Morgan fingerprint density at radius 3 is 2.55 bits per heavy atom. The number of nitrogens with zero attached hydrogens (tertiary/aromatic N) is 1. The molecule has 112 valence electrons. The van der Waals surface area contributed by atoms with E-state index >= 15 is 0 Å². The van der Waals surface area contributed by atoms with Gasteiger partial charge in [-0.25, -0.2) is 4.39 Å². The smallest absolute Gasteiger partial charge is 0.125 e. The Bertz CT molecular complexity index is 440. The van der Waals surface area contributed by atoms with E-state index in [1.807, 2.05) is 6.07 Å². The molecule has 1 saturated heterocycles. The molecule has 1 aliphatic rings. The van der Waals surface area contributed by atoms with Crippen molar-refractivity contribution in [1.82, 2.24) is 4.90 Å². The van der Waals surface area contributed by atoms with Gasteiger partial charge in [-0.15, -0.1) is 0 Å². The Morgan fingerprint density at radius 1 is 1.35 bits per heavy atom. The summed E-state index contributed by atoms with van der Waals surface area (Å²) in [5.74, 6) is -0.289. The van der Waals surface area contributed by atoms with Gasteiger partial charge < -0.3 is 5.73 Å². The molecule has 0 saturated carbocycles. The number of benzene rings is 1. The van der Waals surface area contributed by atoms with Crippen molar-refractivity contribution in [2.45, 2.75) is 39.2 Å². The Morgan fingerprint density at radius 2 is 2.05 bits per heavy atom. The van der Waals surface area contributed by atoms with E-state index in [2.05, 4.69) is 18.7 Å². The molecule has 4 heteroatoms. The zero-order valence-electron chi connectivity index (χ0n) is 12.3. The van der Waals surface area contributed by atoms with Crippen LogP contribution in [0, 0.1) is 11.2 Å². The molecule has 20 heavy (non-hydrogen) atoms. The van der Waals surface area contributed by atoms with E-state index in [0.29, 0.717) is 17.0 Å². The fourth-order valence-electron chi connectivity index (χ4n) is 3.33. The minimum atomic E-state index is -0.289. The first-order valence-corrected chi connectivity index (χ1v) is 7.81. The minimum absolute atomic E-state index is 0.0585. The molecule has 1 heterocycles. The zero-order valence-corrected chi connectivity index (χ0v) is 13.1. The first kappa shape index (κ1) is 15.7. The van der Waals surface area contributed by atoms with Gasteiger partial charge in [-0.2, -0.15) is 0 Å². The van der Waals surface area contributed by atoms with Crippen molar-refractivity contribution < 1.29 is 4.39 Å². The van der Waals surface area contributed by atoms with Crippen molar-refractivity contribution in [1.29, 1.82) is 0 Å². The Kier molecular flexibility index (Phi) is 5.05. The predicted molar refractivity (Wildman–Crippen MR) is 82.4 cm³/mol. The second-order valence-corrected chi connectivity index (χ2v) is 6.32. The second kappa shape index (κ2) is 6.42. The van der Waals surface area contributed by atoms with Gasteiger partial charge in [0.25, 0.3) is 0 Å². The Balaban J connectivity index is 2.21. The summed E-state index contributed by atoms with van der Waals surface area (Å²) in [4.78, 5) is 2.39. The fraction of sp³-hybridized carbons (Fsp3) is 0.625. The molecule has 1 fully saturated rings. The largest absolute Gasteiger partial charge is 0.329 e. The van der Waals surface area contributed by atoms with E-state index in [-0.39, 0.29) is 11.9 Å². The van der Waals surface area contributed by atoms with Crippen LogP contribution in [0.3, 0.4) is 0 Å². The van der Waals surface area contributed by atoms with E-state index in [4.69, 9.17) is 17.3 Å². The van der Waals surface area contributed by atoms with Crippen molar-refractivity contribution in [2.75, 3.05) is 19.6 Å². The molecule has 2 N–H and O–H groups in total. The van der Waals surface area contributed by atoms with Crippen molar-refractivity contribution >= 4 is 11.6 Å². The van der Waals surface area contributed by atoms with Gasteiger partial charge in [0.15, 0.2) is 0 Å². The number of halogens is 2.